The SMILES string of the molecule is CCOC(=O)c1cc(C(C)=O)oc1COC(C)=O. The van der Waals surface area contributed by atoms with Gasteiger partial charge in [-0.3, -0.25) is 9.59 Å². The Hall–Kier alpha value is -2.11. The number of ketones is 1. The summed E-state index contributed by atoms with van der Waals surface area (Å²) in [7, 11) is 0. The van der Waals surface area contributed by atoms with Crippen molar-refractivity contribution in [3.63, 3.8) is 0 Å². The molecule has 0 saturated heterocycles. The van der Waals surface area contributed by atoms with E-state index in [0.717, 1.165) is 0 Å². The number of carbonyl (C=O) groups is 3. The number of ether oxygens (including phenoxy) is 2. The van der Waals surface area contributed by atoms with Crippen LogP contribution in [-0.2, 0) is 20.9 Å². The molecule has 0 N–H and O–H groups in total. The van der Waals surface area contributed by atoms with E-state index in [9.17, 15) is 14.4 Å². The smallest absolute Gasteiger partial charge is 0.341 e. The van der Waals surface area contributed by atoms with Crippen LogP contribution in [0.3, 0.4) is 0 Å². The van der Waals surface area contributed by atoms with Crippen LogP contribution in [0.5, 0.6) is 0 Å². The molecular formula is C12H14O6. The number of rotatable bonds is 5. The highest BCUT2D eigenvalue weighted by molar-refractivity contribution is 5.96. The van der Waals surface area contributed by atoms with Gasteiger partial charge in [0.15, 0.2) is 17.3 Å². The quantitative estimate of drug-likeness (QED) is 0.587. The number of hydrogen-bond donors (Lipinski definition) is 0. The molecule has 1 heterocycles. The molecule has 0 aliphatic heterocycles. The minimum Gasteiger partial charge on any atom is -0.462 e. The van der Waals surface area contributed by atoms with Crippen molar-refractivity contribution in [1.82, 2.24) is 0 Å². The Morgan fingerprint density at radius 2 is 1.89 bits per heavy atom. The maximum Gasteiger partial charge on any atom is 0.341 e. The van der Waals surface area contributed by atoms with E-state index in [0.29, 0.717) is 0 Å². The summed E-state index contributed by atoms with van der Waals surface area (Å²) in [6.45, 7) is 4.20. The van der Waals surface area contributed by atoms with Crippen LogP contribution in [-0.4, -0.2) is 24.3 Å². The molecule has 0 saturated carbocycles. The fourth-order valence-corrected chi connectivity index (χ4v) is 1.26. The van der Waals surface area contributed by atoms with E-state index in [-0.39, 0.29) is 36.1 Å². The van der Waals surface area contributed by atoms with Gasteiger partial charge in [-0.15, -0.1) is 0 Å². The first-order valence-electron chi connectivity index (χ1n) is 5.39. The van der Waals surface area contributed by atoms with Gasteiger partial charge < -0.3 is 13.9 Å². The molecule has 98 valence electrons. The highest BCUT2D eigenvalue weighted by Gasteiger charge is 2.21. The summed E-state index contributed by atoms with van der Waals surface area (Å²) >= 11 is 0. The van der Waals surface area contributed by atoms with Crippen molar-refractivity contribution >= 4 is 17.7 Å². The van der Waals surface area contributed by atoms with Crippen LogP contribution in [0, 0.1) is 0 Å². The van der Waals surface area contributed by atoms with E-state index < -0.39 is 11.9 Å². The third-order valence-electron chi connectivity index (χ3n) is 2.06. The van der Waals surface area contributed by atoms with Gasteiger partial charge in [-0.05, 0) is 6.92 Å². The monoisotopic (exact) mass is 254 g/mol. The summed E-state index contributed by atoms with van der Waals surface area (Å²) in [5, 5.41) is 0. The van der Waals surface area contributed by atoms with Crippen LogP contribution in [0.15, 0.2) is 10.5 Å². The molecule has 0 unspecified atom stereocenters. The fraction of sp³-hybridized carbons (Fsp3) is 0.417. The molecule has 1 aromatic rings. The summed E-state index contributed by atoms with van der Waals surface area (Å²) in [5.41, 5.74) is 0.100. The largest absolute Gasteiger partial charge is 0.462 e. The highest BCUT2D eigenvalue weighted by Crippen LogP contribution is 2.18. The summed E-state index contributed by atoms with van der Waals surface area (Å²) in [5.74, 6) is -1.31. The lowest BCUT2D eigenvalue weighted by Crippen LogP contribution is -2.07. The van der Waals surface area contributed by atoms with Crippen molar-refractivity contribution in [3.05, 3.63) is 23.2 Å². The second-order valence-corrected chi connectivity index (χ2v) is 3.50. The molecule has 0 atom stereocenters. The van der Waals surface area contributed by atoms with Crippen LogP contribution in [0.2, 0.25) is 0 Å². The summed E-state index contributed by atoms with van der Waals surface area (Å²) < 4.78 is 14.7. The van der Waals surface area contributed by atoms with E-state index in [1.807, 2.05) is 0 Å². The van der Waals surface area contributed by atoms with Gasteiger partial charge in [-0.2, -0.15) is 0 Å². The molecule has 0 aliphatic carbocycles. The molecule has 1 aromatic heterocycles. The number of esters is 2. The molecule has 1 rings (SSSR count). The molecule has 6 nitrogen and oxygen atoms in total. The van der Waals surface area contributed by atoms with Crippen LogP contribution >= 0.6 is 0 Å². The predicted molar refractivity (Wildman–Crippen MR) is 60.1 cm³/mol. The summed E-state index contributed by atoms with van der Waals surface area (Å²) in [6, 6.07) is 1.29. The van der Waals surface area contributed by atoms with Gasteiger partial charge in [0, 0.05) is 19.9 Å². The topological polar surface area (TPSA) is 82.8 Å². The van der Waals surface area contributed by atoms with Gasteiger partial charge in [-0.1, -0.05) is 0 Å². The van der Waals surface area contributed by atoms with E-state index in [1.165, 1.54) is 19.9 Å². The maximum atomic E-state index is 11.6. The van der Waals surface area contributed by atoms with Crippen LogP contribution < -0.4 is 0 Å². The Labute approximate surface area is 104 Å². The minimum absolute atomic E-state index is 0.0280. The second-order valence-electron chi connectivity index (χ2n) is 3.50. The zero-order valence-electron chi connectivity index (χ0n) is 10.4. The van der Waals surface area contributed by atoms with Gasteiger partial charge in [0.05, 0.1) is 6.61 Å². The number of hydrogen-bond acceptors (Lipinski definition) is 6. The second kappa shape index (κ2) is 6.00. The van der Waals surface area contributed by atoms with Crippen molar-refractivity contribution in [1.29, 1.82) is 0 Å². The third-order valence-corrected chi connectivity index (χ3v) is 2.06. The zero-order valence-corrected chi connectivity index (χ0v) is 10.4. The highest BCUT2D eigenvalue weighted by atomic mass is 16.5. The molecule has 0 radical (unpaired) electrons. The Balaban J connectivity index is 3.00. The summed E-state index contributed by atoms with van der Waals surface area (Å²) in [6.07, 6.45) is 0. The Morgan fingerprint density at radius 1 is 1.22 bits per heavy atom. The van der Waals surface area contributed by atoms with E-state index in [2.05, 4.69) is 0 Å². The van der Waals surface area contributed by atoms with Crippen LogP contribution in [0.4, 0.5) is 0 Å². The molecule has 0 amide bonds. The van der Waals surface area contributed by atoms with E-state index in [4.69, 9.17) is 13.9 Å². The average Bonchev–Trinajstić information content (AvgIpc) is 2.70. The first-order chi connectivity index (χ1) is 8.45. The minimum atomic E-state index is -0.615. The van der Waals surface area contributed by atoms with E-state index in [1.54, 1.807) is 6.92 Å². The van der Waals surface area contributed by atoms with Crippen molar-refractivity contribution in [2.45, 2.75) is 27.4 Å². The average molecular weight is 254 g/mol. The lowest BCUT2D eigenvalue weighted by molar-refractivity contribution is -0.142. The van der Waals surface area contributed by atoms with E-state index >= 15 is 0 Å². The molecular weight excluding hydrogens is 240 g/mol. The normalized spacial score (nSPS) is 9.94. The molecule has 0 bridgehead atoms. The maximum absolute atomic E-state index is 11.6. The van der Waals surface area contributed by atoms with Gasteiger partial charge in [0.25, 0.3) is 0 Å². The third kappa shape index (κ3) is 3.44. The molecule has 0 aliphatic rings. The molecule has 0 fully saturated rings. The first kappa shape index (κ1) is 14.0. The Bertz CT molecular complexity index is 471. The van der Waals surface area contributed by atoms with Gasteiger partial charge >= 0.3 is 11.9 Å². The van der Waals surface area contributed by atoms with Gasteiger partial charge in [-0.25, -0.2) is 4.79 Å². The Kier molecular flexibility index (Phi) is 4.65. The van der Waals surface area contributed by atoms with Crippen LogP contribution in [0.1, 0.15) is 47.4 Å². The molecule has 18 heavy (non-hydrogen) atoms. The standard InChI is InChI=1S/C12H14O6/c1-4-16-12(15)9-5-10(7(2)13)18-11(9)6-17-8(3)14/h5H,4,6H2,1-3H3. The van der Waals surface area contributed by atoms with Crippen molar-refractivity contribution in [3.8, 4) is 0 Å². The predicted octanol–water partition coefficient (Wildman–Crippen LogP) is 1.72. The number of furan rings is 1. The lowest BCUT2D eigenvalue weighted by atomic mass is 10.2. The van der Waals surface area contributed by atoms with Crippen molar-refractivity contribution in [2.75, 3.05) is 6.61 Å². The van der Waals surface area contributed by atoms with Gasteiger partial charge in [0.1, 0.15) is 12.2 Å². The van der Waals surface area contributed by atoms with Crippen molar-refractivity contribution in [2.24, 2.45) is 0 Å². The fourth-order valence-electron chi connectivity index (χ4n) is 1.26. The van der Waals surface area contributed by atoms with Gasteiger partial charge in [0.2, 0.25) is 0 Å². The van der Waals surface area contributed by atoms with Crippen molar-refractivity contribution < 1.29 is 28.3 Å². The molecule has 0 spiro atoms. The zero-order chi connectivity index (χ0) is 13.7. The Morgan fingerprint density at radius 3 is 2.39 bits per heavy atom. The number of Topliss-reactive ketones (excluding diaryl/α,β-unsaturated/α-hetero) is 1. The molecule has 0 aromatic carbocycles. The first-order valence-corrected chi connectivity index (χ1v) is 5.39. The summed E-state index contributed by atoms with van der Waals surface area (Å²) in [4.78, 5) is 33.5. The van der Waals surface area contributed by atoms with Crippen LogP contribution in [0.25, 0.3) is 0 Å². The number of carbonyl (C=O) groups excluding carboxylic acids is 3. The lowest BCUT2D eigenvalue weighted by Gasteiger charge is -2.02. The molecule has 6 heteroatoms.